The number of hydrogen-bond donors (Lipinski definition) is 1. The molecule has 2 heterocycles. The minimum atomic E-state index is -0.0994. The van der Waals surface area contributed by atoms with E-state index in [4.69, 9.17) is 0 Å². The van der Waals surface area contributed by atoms with Crippen LogP contribution < -0.4 is 5.32 Å². The summed E-state index contributed by atoms with van der Waals surface area (Å²) in [5.74, 6) is -0.0994. The van der Waals surface area contributed by atoms with Gasteiger partial charge in [-0.05, 0) is 50.1 Å². The average Bonchev–Trinajstić information content (AvgIpc) is 2.72. The van der Waals surface area contributed by atoms with E-state index >= 15 is 0 Å². The third kappa shape index (κ3) is 3.62. The average molecular weight is 376 g/mol. The molecule has 6 heteroatoms. The lowest BCUT2D eigenvalue weighted by Gasteiger charge is -2.03. The number of amides is 1. The molecule has 0 aliphatic heterocycles. The molecule has 17 heavy (non-hydrogen) atoms. The summed E-state index contributed by atoms with van der Waals surface area (Å²) >= 11 is 8.22. The maximum Gasteiger partial charge on any atom is 0.251 e. The molecular weight excluding hydrogens is 368 g/mol. The van der Waals surface area contributed by atoms with Gasteiger partial charge in [0.1, 0.15) is 4.60 Å². The summed E-state index contributed by atoms with van der Waals surface area (Å²) in [7, 11) is 0. The molecule has 0 saturated carbocycles. The van der Waals surface area contributed by atoms with Crippen LogP contribution in [0.4, 0.5) is 0 Å². The van der Waals surface area contributed by atoms with E-state index in [1.54, 1.807) is 29.7 Å². The molecule has 0 saturated heterocycles. The molecule has 0 aliphatic rings. The summed E-state index contributed by atoms with van der Waals surface area (Å²) in [6.07, 6.45) is 1.60. The van der Waals surface area contributed by atoms with Crippen molar-refractivity contribution in [2.45, 2.75) is 6.54 Å². The van der Waals surface area contributed by atoms with Crippen LogP contribution in [0.15, 0.2) is 38.9 Å². The second-order valence-electron chi connectivity index (χ2n) is 3.28. The van der Waals surface area contributed by atoms with Crippen molar-refractivity contribution in [2.75, 3.05) is 0 Å². The van der Waals surface area contributed by atoms with E-state index in [0.717, 1.165) is 9.35 Å². The Morgan fingerprint density at radius 3 is 2.88 bits per heavy atom. The topological polar surface area (TPSA) is 42.0 Å². The predicted molar refractivity (Wildman–Crippen MR) is 75.1 cm³/mol. The third-order valence-corrected chi connectivity index (χ3v) is 4.16. The van der Waals surface area contributed by atoms with Crippen molar-refractivity contribution in [3.05, 3.63) is 49.3 Å². The number of nitrogens with zero attached hydrogens (tertiary/aromatic N) is 1. The maximum atomic E-state index is 11.8. The summed E-state index contributed by atoms with van der Waals surface area (Å²) in [5.41, 5.74) is 0.600. The van der Waals surface area contributed by atoms with Gasteiger partial charge in [-0.1, -0.05) is 0 Å². The van der Waals surface area contributed by atoms with E-state index in [-0.39, 0.29) is 5.91 Å². The van der Waals surface area contributed by atoms with Gasteiger partial charge in [0.2, 0.25) is 0 Å². The van der Waals surface area contributed by atoms with Crippen molar-refractivity contribution in [2.24, 2.45) is 0 Å². The lowest BCUT2D eigenvalue weighted by Crippen LogP contribution is -2.22. The van der Waals surface area contributed by atoms with Gasteiger partial charge in [-0.2, -0.15) is 0 Å². The first-order chi connectivity index (χ1) is 8.15. The fourth-order valence-electron chi connectivity index (χ4n) is 1.26. The van der Waals surface area contributed by atoms with Crippen molar-refractivity contribution in [3.8, 4) is 0 Å². The summed E-state index contributed by atoms with van der Waals surface area (Å²) < 4.78 is 1.70. The lowest BCUT2D eigenvalue weighted by atomic mass is 10.2. The van der Waals surface area contributed by atoms with Gasteiger partial charge >= 0.3 is 0 Å². The standard InChI is InChI=1S/C11H8Br2N2OS/c12-8-4-9(17-6-8)5-15-11(16)7-1-2-14-10(13)3-7/h1-4,6H,5H2,(H,15,16). The minimum absolute atomic E-state index is 0.0994. The molecule has 0 bridgehead atoms. The molecule has 2 aromatic rings. The van der Waals surface area contributed by atoms with Crippen molar-refractivity contribution in [1.82, 2.24) is 10.3 Å². The molecule has 0 fully saturated rings. The zero-order valence-corrected chi connectivity index (χ0v) is 12.6. The Labute approximate surface area is 120 Å². The normalized spacial score (nSPS) is 10.2. The molecule has 3 nitrogen and oxygen atoms in total. The van der Waals surface area contributed by atoms with Crippen LogP contribution in [0, 0.1) is 0 Å². The van der Waals surface area contributed by atoms with Gasteiger partial charge in [-0.3, -0.25) is 4.79 Å². The van der Waals surface area contributed by atoms with Crippen LogP contribution in [0.1, 0.15) is 15.2 Å². The van der Waals surface area contributed by atoms with Gasteiger partial charge in [0.25, 0.3) is 5.91 Å². The summed E-state index contributed by atoms with van der Waals surface area (Å²) in [4.78, 5) is 16.9. The smallest absolute Gasteiger partial charge is 0.251 e. The number of thiophene rings is 1. The number of carbonyl (C=O) groups excluding carboxylic acids is 1. The van der Waals surface area contributed by atoms with Crippen LogP contribution in [0.25, 0.3) is 0 Å². The van der Waals surface area contributed by atoms with E-state index in [2.05, 4.69) is 42.2 Å². The van der Waals surface area contributed by atoms with Crippen LogP contribution >= 0.6 is 43.2 Å². The zero-order valence-electron chi connectivity index (χ0n) is 8.61. The van der Waals surface area contributed by atoms with Gasteiger partial charge in [-0.15, -0.1) is 11.3 Å². The molecular formula is C11H8Br2N2OS. The Hall–Kier alpha value is -0.720. The van der Waals surface area contributed by atoms with Crippen LogP contribution in [-0.2, 0) is 6.54 Å². The quantitative estimate of drug-likeness (QED) is 0.832. The number of pyridine rings is 1. The second kappa shape index (κ2) is 5.75. The van der Waals surface area contributed by atoms with Crippen molar-refractivity contribution < 1.29 is 4.79 Å². The van der Waals surface area contributed by atoms with E-state index in [1.165, 1.54) is 0 Å². The van der Waals surface area contributed by atoms with Crippen LogP contribution in [0.2, 0.25) is 0 Å². The van der Waals surface area contributed by atoms with Crippen molar-refractivity contribution in [1.29, 1.82) is 0 Å². The predicted octanol–water partition coefficient (Wildman–Crippen LogP) is 3.60. The van der Waals surface area contributed by atoms with E-state index in [1.807, 2.05) is 11.4 Å². The van der Waals surface area contributed by atoms with E-state index in [0.29, 0.717) is 16.7 Å². The highest BCUT2D eigenvalue weighted by Gasteiger charge is 2.06. The number of carbonyl (C=O) groups is 1. The molecule has 0 aliphatic carbocycles. The molecule has 0 atom stereocenters. The van der Waals surface area contributed by atoms with E-state index < -0.39 is 0 Å². The molecule has 2 rings (SSSR count). The largest absolute Gasteiger partial charge is 0.347 e. The molecule has 88 valence electrons. The monoisotopic (exact) mass is 374 g/mol. The Morgan fingerprint density at radius 2 is 2.24 bits per heavy atom. The Kier molecular flexibility index (Phi) is 4.31. The molecule has 0 aromatic carbocycles. The molecule has 1 N–H and O–H groups in total. The van der Waals surface area contributed by atoms with E-state index in [9.17, 15) is 4.79 Å². The highest BCUT2D eigenvalue weighted by atomic mass is 79.9. The zero-order chi connectivity index (χ0) is 12.3. The molecule has 1 amide bonds. The van der Waals surface area contributed by atoms with Crippen molar-refractivity contribution >= 4 is 49.1 Å². The van der Waals surface area contributed by atoms with Crippen LogP contribution in [0.3, 0.4) is 0 Å². The fraction of sp³-hybridized carbons (Fsp3) is 0.0909. The summed E-state index contributed by atoms with van der Waals surface area (Å²) in [6, 6.07) is 5.37. The highest BCUT2D eigenvalue weighted by molar-refractivity contribution is 9.10. The number of aromatic nitrogens is 1. The second-order valence-corrected chi connectivity index (χ2v) is 6.01. The highest BCUT2D eigenvalue weighted by Crippen LogP contribution is 2.19. The number of hydrogen-bond acceptors (Lipinski definition) is 3. The van der Waals surface area contributed by atoms with Gasteiger partial charge in [0, 0.05) is 26.5 Å². The third-order valence-electron chi connectivity index (χ3n) is 2.03. The minimum Gasteiger partial charge on any atom is -0.347 e. The Bertz CT molecular complexity index is 542. The lowest BCUT2D eigenvalue weighted by molar-refractivity contribution is 0.0951. The molecule has 0 radical (unpaired) electrons. The first kappa shape index (κ1) is 12.7. The number of rotatable bonds is 3. The summed E-state index contributed by atoms with van der Waals surface area (Å²) in [5, 5.41) is 4.85. The van der Waals surface area contributed by atoms with Crippen molar-refractivity contribution in [3.63, 3.8) is 0 Å². The number of halogens is 2. The van der Waals surface area contributed by atoms with Gasteiger partial charge in [-0.25, -0.2) is 4.98 Å². The van der Waals surface area contributed by atoms with Crippen LogP contribution in [-0.4, -0.2) is 10.9 Å². The summed E-state index contributed by atoms with van der Waals surface area (Å²) in [6.45, 7) is 0.537. The number of nitrogens with one attached hydrogen (secondary N) is 1. The van der Waals surface area contributed by atoms with Crippen LogP contribution in [0.5, 0.6) is 0 Å². The first-order valence-electron chi connectivity index (χ1n) is 4.78. The SMILES string of the molecule is O=C(NCc1cc(Br)cs1)c1ccnc(Br)c1. The Balaban J connectivity index is 1.98. The first-order valence-corrected chi connectivity index (χ1v) is 7.24. The molecule has 2 aromatic heterocycles. The van der Waals surface area contributed by atoms with Gasteiger partial charge in [0.05, 0.1) is 6.54 Å². The maximum absolute atomic E-state index is 11.8. The van der Waals surface area contributed by atoms with Gasteiger partial charge < -0.3 is 5.32 Å². The van der Waals surface area contributed by atoms with Gasteiger partial charge in [0.15, 0.2) is 0 Å². The molecule has 0 spiro atoms. The molecule has 0 unspecified atom stereocenters. The Morgan fingerprint density at radius 1 is 1.41 bits per heavy atom. The fourth-order valence-corrected chi connectivity index (χ4v) is 3.02.